The first-order chi connectivity index (χ1) is 27.8. The molecule has 0 unspecified atom stereocenters. The molecule has 0 aliphatic heterocycles. The highest BCUT2D eigenvalue weighted by molar-refractivity contribution is 6.27. The molecule has 12 aromatic rings. The average molecular weight is 711 g/mol. The van der Waals surface area contributed by atoms with Gasteiger partial charge in [0, 0.05) is 32.9 Å². The van der Waals surface area contributed by atoms with Gasteiger partial charge in [-0.1, -0.05) is 158 Å². The monoisotopic (exact) mass is 710 g/mol. The molecule has 56 heavy (non-hydrogen) atoms. The topological polar surface area (TPSA) is 6.48 Å². The molecule has 2 nitrogen and oxygen atoms in total. The molecule has 0 aliphatic carbocycles. The molecule has 12 rings (SSSR count). The van der Waals surface area contributed by atoms with Gasteiger partial charge >= 0.3 is 0 Å². The molecule has 0 N–H and O–H groups in total. The van der Waals surface area contributed by atoms with Crippen molar-refractivity contribution in [3.8, 4) is 0 Å². The van der Waals surface area contributed by atoms with Gasteiger partial charge in [-0.3, -0.25) is 0 Å². The van der Waals surface area contributed by atoms with Crippen molar-refractivity contribution in [2.24, 2.45) is 0 Å². The Kier molecular flexibility index (Phi) is 6.66. The number of nitrogens with zero attached hydrogens (tertiary/aromatic N) is 2. The van der Waals surface area contributed by atoms with E-state index in [2.05, 4.69) is 216 Å². The molecule has 0 saturated carbocycles. The average Bonchev–Trinajstić information content (AvgIpc) is 3.27. The predicted molar refractivity (Wildman–Crippen MR) is 241 cm³/mol. The number of para-hydroxylation sites is 2. The lowest BCUT2D eigenvalue weighted by atomic mass is 9.92. The van der Waals surface area contributed by atoms with Gasteiger partial charge in [0.15, 0.2) is 0 Å². The minimum absolute atomic E-state index is 1.12. The quantitative estimate of drug-likeness (QED) is 0.159. The van der Waals surface area contributed by atoms with E-state index in [1.54, 1.807) is 0 Å². The number of anilines is 6. The summed E-state index contributed by atoms with van der Waals surface area (Å²) in [7, 11) is 0. The van der Waals surface area contributed by atoms with Crippen LogP contribution in [0.4, 0.5) is 34.1 Å². The summed E-state index contributed by atoms with van der Waals surface area (Å²) in [6.07, 6.45) is 0. The zero-order valence-electron chi connectivity index (χ0n) is 30.5. The Morgan fingerprint density at radius 3 is 0.911 bits per heavy atom. The van der Waals surface area contributed by atoms with Crippen LogP contribution in [0.3, 0.4) is 0 Å². The lowest BCUT2D eigenvalue weighted by Gasteiger charge is -2.32. The second kappa shape index (κ2) is 12.0. The Hall–Kier alpha value is -7.42. The summed E-state index contributed by atoms with van der Waals surface area (Å²) in [5.41, 5.74) is 6.82. The van der Waals surface area contributed by atoms with Gasteiger partial charge in [-0.15, -0.1) is 0 Å². The zero-order chi connectivity index (χ0) is 36.7. The predicted octanol–water partition coefficient (Wildman–Crippen LogP) is 15.6. The highest BCUT2D eigenvalue weighted by Gasteiger charge is 2.24. The van der Waals surface area contributed by atoms with Crippen LogP contribution in [0.15, 0.2) is 206 Å². The van der Waals surface area contributed by atoms with Crippen LogP contribution in [0.5, 0.6) is 0 Å². The van der Waals surface area contributed by atoms with E-state index in [1.807, 2.05) is 0 Å². The van der Waals surface area contributed by atoms with E-state index in [4.69, 9.17) is 0 Å². The van der Waals surface area contributed by atoms with E-state index in [-0.39, 0.29) is 0 Å². The molecule has 0 radical (unpaired) electrons. The smallest absolute Gasteiger partial charge is 0.0541 e. The van der Waals surface area contributed by atoms with Crippen LogP contribution in [0.2, 0.25) is 0 Å². The van der Waals surface area contributed by atoms with E-state index in [9.17, 15) is 0 Å². The van der Waals surface area contributed by atoms with Crippen molar-refractivity contribution in [1.29, 1.82) is 0 Å². The van der Waals surface area contributed by atoms with E-state index >= 15 is 0 Å². The first kappa shape index (κ1) is 31.0. The lowest BCUT2D eigenvalue weighted by Crippen LogP contribution is -2.14. The fraction of sp³-hybridized carbons (Fsp3) is 0. The van der Waals surface area contributed by atoms with E-state index < -0.39 is 0 Å². The molecule has 0 heterocycles. The van der Waals surface area contributed by atoms with Gasteiger partial charge in [0.25, 0.3) is 0 Å². The fourth-order valence-electron chi connectivity index (χ4n) is 9.46. The summed E-state index contributed by atoms with van der Waals surface area (Å²) in [6, 6.07) is 75.9. The molecule has 12 aromatic carbocycles. The summed E-state index contributed by atoms with van der Waals surface area (Å²) in [5.74, 6) is 0. The van der Waals surface area contributed by atoms with Gasteiger partial charge in [-0.2, -0.15) is 0 Å². The lowest BCUT2D eigenvalue weighted by molar-refractivity contribution is 1.29. The molecule has 0 aromatic heterocycles. The third-order valence-electron chi connectivity index (χ3n) is 11.9. The summed E-state index contributed by atoms with van der Waals surface area (Å²) < 4.78 is 0. The number of fused-ring (bicyclic) bond motifs is 1. The molecule has 260 valence electrons. The summed E-state index contributed by atoms with van der Waals surface area (Å²) in [6.45, 7) is 0. The first-order valence-corrected chi connectivity index (χ1v) is 19.4. The third kappa shape index (κ3) is 4.50. The van der Waals surface area contributed by atoms with Gasteiger partial charge in [-0.25, -0.2) is 0 Å². The molecule has 0 aliphatic rings. The fourth-order valence-corrected chi connectivity index (χ4v) is 9.46. The highest BCUT2D eigenvalue weighted by atomic mass is 15.2. The largest absolute Gasteiger partial charge is 0.309 e. The Bertz CT molecular complexity index is 3160. The molecular weight excluding hydrogens is 677 g/mol. The van der Waals surface area contributed by atoms with Gasteiger partial charge in [-0.05, 0) is 102 Å². The Labute approximate surface area is 324 Å². The summed E-state index contributed by atoms with van der Waals surface area (Å²) in [5, 5.41) is 17.7. The van der Waals surface area contributed by atoms with Crippen LogP contribution < -0.4 is 9.80 Å². The maximum Gasteiger partial charge on any atom is 0.0541 e. The zero-order valence-corrected chi connectivity index (χ0v) is 30.5. The molecule has 0 saturated heterocycles. The highest BCUT2D eigenvalue weighted by Crippen LogP contribution is 2.50. The number of hydrogen-bond donors (Lipinski definition) is 0. The van der Waals surface area contributed by atoms with Crippen molar-refractivity contribution in [2.45, 2.75) is 0 Å². The molecule has 2 heteroatoms. The van der Waals surface area contributed by atoms with Crippen molar-refractivity contribution in [3.63, 3.8) is 0 Å². The van der Waals surface area contributed by atoms with Crippen LogP contribution in [0.1, 0.15) is 0 Å². The number of rotatable bonds is 6. The van der Waals surface area contributed by atoms with Crippen molar-refractivity contribution >= 4 is 110 Å². The van der Waals surface area contributed by atoms with Crippen LogP contribution in [-0.4, -0.2) is 0 Å². The SMILES string of the molecule is c1ccc(N(c2ccc(N(c3ccccc3)c3ccc4ccc5cccc6ccc3c4c56)c3ccccc23)c2ccc3ccc4cccc5ccc2c3c45)cc1. The second-order valence-corrected chi connectivity index (χ2v) is 14.9. The van der Waals surface area contributed by atoms with Gasteiger partial charge in [0.2, 0.25) is 0 Å². The molecule has 0 bridgehead atoms. The summed E-state index contributed by atoms with van der Waals surface area (Å²) in [4.78, 5) is 4.92. The molecule has 0 amide bonds. The Morgan fingerprint density at radius 1 is 0.196 bits per heavy atom. The molecule has 0 spiro atoms. The van der Waals surface area contributed by atoms with Gasteiger partial charge in [0.1, 0.15) is 0 Å². The summed E-state index contributed by atoms with van der Waals surface area (Å²) >= 11 is 0. The second-order valence-electron chi connectivity index (χ2n) is 14.9. The standard InChI is InChI=1S/C54H34N2/c1-3-15-41(16-4-1)55(49-31-27-39-23-21-35-11-9-13-37-25-29-45(49)53(39)51(35)37)47-33-34-48(44-20-8-7-19-43(44)47)56(42-17-5-2-6-18-42)50-32-28-40-24-22-36-12-10-14-38-26-30-46(50)54(40)52(36)38/h1-34H. The Balaban J connectivity index is 1.13. The number of benzene rings is 12. The van der Waals surface area contributed by atoms with E-state index in [1.165, 1.54) is 75.4 Å². The van der Waals surface area contributed by atoms with Crippen molar-refractivity contribution in [1.82, 2.24) is 0 Å². The molecule has 0 fully saturated rings. The minimum atomic E-state index is 1.12. The van der Waals surface area contributed by atoms with Gasteiger partial charge < -0.3 is 9.80 Å². The van der Waals surface area contributed by atoms with E-state index in [0.717, 1.165) is 34.1 Å². The van der Waals surface area contributed by atoms with Crippen molar-refractivity contribution < 1.29 is 0 Å². The Morgan fingerprint density at radius 2 is 0.500 bits per heavy atom. The van der Waals surface area contributed by atoms with Crippen LogP contribution in [0.25, 0.3) is 75.4 Å². The molecular formula is C54H34N2. The first-order valence-electron chi connectivity index (χ1n) is 19.4. The van der Waals surface area contributed by atoms with Crippen molar-refractivity contribution in [3.05, 3.63) is 206 Å². The number of hydrogen-bond acceptors (Lipinski definition) is 2. The maximum atomic E-state index is 2.46. The van der Waals surface area contributed by atoms with Gasteiger partial charge in [0.05, 0.1) is 22.7 Å². The third-order valence-corrected chi connectivity index (χ3v) is 11.9. The maximum absolute atomic E-state index is 2.46. The van der Waals surface area contributed by atoms with E-state index in [0.29, 0.717) is 0 Å². The van der Waals surface area contributed by atoms with Crippen LogP contribution in [0, 0.1) is 0 Å². The normalized spacial score (nSPS) is 11.9. The van der Waals surface area contributed by atoms with Crippen LogP contribution >= 0.6 is 0 Å². The minimum Gasteiger partial charge on any atom is -0.309 e. The van der Waals surface area contributed by atoms with Crippen molar-refractivity contribution in [2.75, 3.05) is 9.80 Å². The molecule has 0 atom stereocenters. The van der Waals surface area contributed by atoms with Crippen LogP contribution in [-0.2, 0) is 0 Å².